The van der Waals surface area contributed by atoms with Gasteiger partial charge in [0.25, 0.3) is 0 Å². The molecule has 1 aromatic carbocycles. The summed E-state index contributed by atoms with van der Waals surface area (Å²) in [6.07, 6.45) is 3.57. The molecule has 19 heavy (non-hydrogen) atoms. The van der Waals surface area contributed by atoms with Crippen molar-refractivity contribution >= 4 is 5.91 Å². The number of carbonyl (C=O) groups excluding carboxylic acids is 1. The Labute approximate surface area is 109 Å². The Hall–Kier alpha value is -2.24. The Morgan fingerprint density at radius 2 is 2.16 bits per heavy atom. The fourth-order valence-electron chi connectivity index (χ4n) is 1.72. The first-order chi connectivity index (χ1) is 9.10. The van der Waals surface area contributed by atoms with Gasteiger partial charge in [-0.05, 0) is 17.7 Å². The van der Waals surface area contributed by atoms with Gasteiger partial charge in [-0.3, -0.25) is 4.79 Å². The van der Waals surface area contributed by atoms with Gasteiger partial charge in [0.15, 0.2) is 11.6 Å². The van der Waals surface area contributed by atoms with Gasteiger partial charge in [-0.1, -0.05) is 6.07 Å². The number of hydrogen-bond donors (Lipinski definition) is 1. The summed E-state index contributed by atoms with van der Waals surface area (Å²) in [6, 6.07) is 3.71. The molecule has 0 aliphatic carbocycles. The highest BCUT2D eigenvalue weighted by Crippen LogP contribution is 2.12. The highest BCUT2D eigenvalue weighted by atomic mass is 19.2. The number of hydrogen-bond acceptors (Lipinski definition) is 2. The van der Waals surface area contributed by atoms with Crippen molar-refractivity contribution in [3.63, 3.8) is 0 Å². The normalized spacial score (nSPS) is 10.5. The molecule has 2 aromatic rings. The van der Waals surface area contributed by atoms with Crippen LogP contribution in [0.5, 0.6) is 0 Å². The first-order valence-corrected chi connectivity index (χ1v) is 5.74. The fraction of sp³-hybridized carbons (Fsp3) is 0.231. The Bertz CT molecular complexity index is 595. The third kappa shape index (κ3) is 3.15. The molecule has 0 aliphatic heterocycles. The van der Waals surface area contributed by atoms with E-state index in [0.29, 0.717) is 17.8 Å². The zero-order valence-electron chi connectivity index (χ0n) is 10.4. The smallest absolute Gasteiger partial charge is 0.239 e. The number of benzene rings is 1. The van der Waals surface area contributed by atoms with Crippen molar-refractivity contribution in [2.75, 3.05) is 7.05 Å². The van der Waals surface area contributed by atoms with Crippen LogP contribution in [0.25, 0.3) is 0 Å². The lowest BCUT2D eigenvalue weighted by Crippen LogP contribution is -2.24. The lowest BCUT2D eigenvalue weighted by atomic mass is 10.1. The molecule has 2 rings (SSSR count). The van der Waals surface area contributed by atoms with E-state index in [1.165, 1.54) is 6.07 Å². The second-order valence-electron chi connectivity index (χ2n) is 4.07. The number of amides is 1. The zero-order chi connectivity index (χ0) is 13.8. The van der Waals surface area contributed by atoms with E-state index in [4.69, 9.17) is 0 Å². The summed E-state index contributed by atoms with van der Waals surface area (Å²) in [5.41, 5.74) is 0.600. The Balaban J connectivity index is 2.17. The van der Waals surface area contributed by atoms with Crippen molar-refractivity contribution in [2.24, 2.45) is 0 Å². The predicted molar refractivity (Wildman–Crippen MR) is 65.5 cm³/mol. The highest BCUT2D eigenvalue weighted by Gasteiger charge is 2.09. The maximum atomic E-state index is 13.1. The molecule has 0 atom stereocenters. The second-order valence-corrected chi connectivity index (χ2v) is 4.07. The summed E-state index contributed by atoms with van der Waals surface area (Å²) in [5.74, 6) is -1.29. The maximum absolute atomic E-state index is 13.1. The van der Waals surface area contributed by atoms with Crippen LogP contribution in [0.3, 0.4) is 0 Å². The van der Waals surface area contributed by atoms with E-state index < -0.39 is 11.6 Å². The van der Waals surface area contributed by atoms with Gasteiger partial charge in [0.2, 0.25) is 5.91 Å². The van der Waals surface area contributed by atoms with Crippen molar-refractivity contribution in [3.05, 3.63) is 53.6 Å². The second kappa shape index (κ2) is 5.60. The molecule has 0 radical (unpaired) electrons. The van der Waals surface area contributed by atoms with E-state index in [1.54, 1.807) is 24.0 Å². The van der Waals surface area contributed by atoms with E-state index in [1.807, 2.05) is 0 Å². The summed E-state index contributed by atoms with van der Waals surface area (Å²) in [6.45, 7) is 0.148. The average Bonchev–Trinajstić information content (AvgIpc) is 2.81. The topological polar surface area (TPSA) is 46.9 Å². The molecular weight excluding hydrogens is 252 g/mol. The van der Waals surface area contributed by atoms with E-state index in [0.717, 1.165) is 12.1 Å². The van der Waals surface area contributed by atoms with Crippen molar-refractivity contribution in [3.8, 4) is 0 Å². The maximum Gasteiger partial charge on any atom is 0.239 e. The highest BCUT2D eigenvalue weighted by molar-refractivity contribution is 5.75. The zero-order valence-corrected chi connectivity index (χ0v) is 10.4. The quantitative estimate of drug-likeness (QED) is 0.910. The molecule has 1 heterocycles. The molecule has 1 N–H and O–H groups in total. The first kappa shape index (κ1) is 13.2. The van der Waals surface area contributed by atoms with Gasteiger partial charge >= 0.3 is 0 Å². The number of likely N-dealkylation sites (N-methyl/N-ethyl adjacent to an activating group) is 1. The summed E-state index contributed by atoms with van der Waals surface area (Å²) in [7, 11) is 1.55. The van der Waals surface area contributed by atoms with Crippen molar-refractivity contribution in [1.82, 2.24) is 14.9 Å². The Morgan fingerprint density at radius 1 is 1.37 bits per heavy atom. The van der Waals surface area contributed by atoms with Crippen molar-refractivity contribution < 1.29 is 13.6 Å². The van der Waals surface area contributed by atoms with Crippen LogP contribution in [0.2, 0.25) is 0 Å². The summed E-state index contributed by atoms with van der Waals surface area (Å²) in [4.78, 5) is 15.4. The molecule has 0 saturated heterocycles. The molecule has 1 amide bonds. The molecule has 6 heteroatoms. The molecule has 100 valence electrons. The predicted octanol–water partition coefficient (Wildman–Crippen LogP) is 1.50. The van der Waals surface area contributed by atoms with Crippen LogP contribution in [-0.2, 0) is 17.8 Å². The van der Waals surface area contributed by atoms with E-state index in [9.17, 15) is 13.6 Å². The first-order valence-electron chi connectivity index (χ1n) is 5.74. The van der Waals surface area contributed by atoms with Gasteiger partial charge in [0, 0.05) is 25.9 Å². The molecule has 0 spiro atoms. The van der Waals surface area contributed by atoms with Gasteiger partial charge < -0.3 is 9.88 Å². The van der Waals surface area contributed by atoms with Crippen LogP contribution < -0.4 is 5.32 Å². The standard InChI is InChI=1S/C13H13F2N3O/c1-16-13(19)8-18-5-4-17-12(18)7-9-2-3-10(14)11(15)6-9/h2-6H,7-8H2,1H3,(H,16,19). The number of nitrogens with one attached hydrogen (secondary N) is 1. The largest absolute Gasteiger partial charge is 0.358 e. The molecule has 0 fully saturated rings. The molecule has 0 saturated carbocycles. The third-order valence-electron chi connectivity index (χ3n) is 2.74. The summed E-state index contributed by atoms with van der Waals surface area (Å²) >= 11 is 0. The fourth-order valence-corrected chi connectivity index (χ4v) is 1.72. The van der Waals surface area contributed by atoms with E-state index >= 15 is 0 Å². The van der Waals surface area contributed by atoms with Crippen molar-refractivity contribution in [1.29, 1.82) is 0 Å². The number of carbonyl (C=O) groups is 1. The number of nitrogens with zero attached hydrogens (tertiary/aromatic N) is 2. The van der Waals surface area contributed by atoms with Crippen LogP contribution in [-0.4, -0.2) is 22.5 Å². The van der Waals surface area contributed by atoms with Gasteiger partial charge in [-0.25, -0.2) is 13.8 Å². The third-order valence-corrected chi connectivity index (χ3v) is 2.74. The molecule has 0 aliphatic rings. The van der Waals surface area contributed by atoms with E-state index in [2.05, 4.69) is 10.3 Å². The number of halogens is 2. The van der Waals surface area contributed by atoms with E-state index in [-0.39, 0.29) is 12.5 Å². The molecule has 0 bridgehead atoms. The lowest BCUT2D eigenvalue weighted by molar-refractivity contribution is -0.121. The monoisotopic (exact) mass is 265 g/mol. The summed E-state index contributed by atoms with van der Waals surface area (Å²) < 4.78 is 27.6. The minimum Gasteiger partial charge on any atom is -0.358 e. The molecule has 0 unspecified atom stereocenters. The van der Waals surface area contributed by atoms with Gasteiger partial charge in [-0.15, -0.1) is 0 Å². The van der Waals surface area contributed by atoms with Gasteiger partial charge in [-0.2, -0.15) is 0 Å². The Morgan fingerprint density at radius 3 is 2.84 bits per heavy atom. The van der Waals surface area contributed by atoms with Crippen LogP contribution in [0.4, 0.5) is 8.78 Å². The minimum atomic E-state index is -0.887. The molecular formula is C13H13F2N3O. The molecule has 1 aromatic heterocycles. The minimum absolute atomic E-state index is 0.148. The van der Waals surface area contributed by atoms with Crippen LogP contribution in [0.1, 0.15) is 11.4 Å². The number of rotatable bonds is 4. The van der Waals surface area contributed by atoms with Gasteiger partial charge in [0.1, 0.15) is 12.4 Å². The van der Waals surface area contributed by atoms with Crippen LogP contribution in [0.15, 0.2) is 30.6 Å². The Kier molecular flexibility index (Phi) is 3.89. The SMILES string of the molecule is CNC(=O)Cn1ccnc1Cc1ccc(F)c(F)c1. The average molecular weight is 265 g/mol. The number of aromatic nitrogens is 2. The summed E-state index contributed by atoms with van der Waals surface area (Å²) in [5, 5.41) is 2.51. The van der Waals surface area contributed by atoms with Crippen molar-refractivity contribution in [2.45, 2.75) is 13.0 Å². The lowest BCUT2D eigenvalue weighted by Gasteiger charge is -2.07. The number of imidazole rings is 1. The van der Waals surface area contributed by atoms with Crippen LogP contribution in [0, 0.1) is 11.6 Å². The molecule has 4 nitrogen and oxygen atoms in total. The van der Waals surface area contributed by atoms with Crippen LogP contribution >= 0.6 is 0 Å². The van der Waals surface area contributed by atoms with Gasteiger partial charge in [0.05, 0.1) is 0 Å².